The first-order valence-electron chi connectivity index (χ1n) is 3.51. The van der Waals surface area contributed by atoms with Crippen LogP contribution in [-0.4, -0.2) is 6.29 Å². The van der Waals surface area contributed by atoms with E-state index in [4.69, 9.17) is 0 Å². The highest BCUT2D eigenvalue weighted by Crippen LogP contribution is 2.14. The van der Waals surface area contributed by atoms with Gasteiger partial charge in [-0.05, 0) is 18.9 Å². The molecule has 1 rings (SSSR count). The zero-order valence-electron chi connectivity index (χ0n) is 6.09. The molecular weight excluding hydrogens is 143 g/mol. The summed E-state index contributed by atoms with van der Waals surface area (Å²) in [5.74, 6) is -0.413. The summed E-state index contributed by atoms with van der Waals surface area (Å²) in [6, 6.07) is 0. The van der Waals surface area contributed by atoms with Crippen molar-refractivity contribution in [1.82, 2.24) is 0 Å². The van der Waals surface area contributed by atoms with E-state index < -0.39 is 5.83 Å². The minimum absolute atomic E-state index is 0.255. The van der Waals surface area contributed by atoms with E-state index in [0.29, 0.717) is 12.7 Å². The summed E-state index contributed by atoms with van der Waals surface area (Å²) in [6.45, 7) is 0. The van der Waals surface area contributed by atoms with Gasteiger partial charge in [-0.1, -0.05) is 18.2 Å². The van der Waals surface area contributed by atoms with E-state index in [9.17, 15) is 9.18 Å². The van der Waals surface area contributed by atoms with Gasteiger partial charge in [0.15, 0.2) is 0 Å². The van der Waals surface area contributed by atoms with Gasteiger partial charge in [-0.25, -0.2) is 4.39 Å². The normalized spacial score (nSPS) is 30.3. The average molecular weight is 152 g/mol. The van der Waals surface area contributed by atoms with Crippen molar-refractivity contribution in [2.45, 2.75) is 12.8 Å². The second-order valence-electron chi connectivity index (χ2n) is 2.32. The van der Waals surface area contributed by atoms with Crippen molar-refractivity contribution in [2.24, 2.45) is 0 Å². The first-order chi connectivity index (χ1) is 5.34. The van der Waals surface area contributed by atoms with Crippen molar-refractivity contribution in [3.63, 3.8) is 0 Å². The van der Waals surface area contributed by atoms with E-state index in [0.717, 1.165) is 6.42 Å². The lowest BCUT2D eigenvalue weighted by Gasteiger charge is -1.98. The highest BCUT2D eigenvalue weighted by Gasteiger charge is 2.02. The van der Waals surface area contributed by atoms with E-state index >= 15 is 0 Å². The van der Waals surface area contributed by atoms with Gasteiger partial charge >= 0.3 is 0 Å². The van der Waals surface area contributed by atoms with E-state index in [1.165, 1.54) is 6.08 Å². The monoisotopic (exact) mass is 152 g/mol. The van der Waals surface area contributed by atoms with Crippen LogP contribution >= 0.6 is 0 Å². The summed E-state index contributed by atoms with van der Waals surface area (Å²) in [4.78, 5) is 10.3. The first kappa shape index (κ1) is 7.92. The Hall–Kier alpha value is -1.18. The maximum Gasteiger partial charge on any atom is 0.148 e. The molecule has 0 bridgehead atoms. The number of aldehydes is 1. The third kappa shape index (κ3) is 2.15. The summed E-state index contributed by atoms with van der Waals surface area (Å²) in [7, 11) is 0. The highest BCUT2D eigenvalue weighted by atomic mass is 19.1. The Bertz CT molecular complexity index is 236. The molecule has 0 N–H and O–H groups in total. The fraction of sp³-hybridized carbons (Fsp3) is 0.222. The van der Waals surface area contributed by atoms with Crippen molar-refractivity contribution in [1.29, 1.82) is 0 Å². The second-order valence-corrected chi connectivity index (χ2v) is 2.32. The topological polar surface area (TPSA) is 17.1 Å². The number of carbonyl (C=O) groups excluding carboxylic acids is 1. The Morgan fingerprint density at radius 2 is 2.27 bits per heavy atom. The van der Waals surface area contributed by atoms with Crippen molar-refractivity contribution in [3.05, 3.63) is 35.7 Å². The number of rotatable bonds is 1. The molecule has 0 amide bonds. The summed E-state index contributed by atoms with van der Waals surface area (Å²) < 4.78 is 12.8. The van der Waals surface area contributed by atoms with Gasteiger partial charge in [0, 0.05) is 5.57 Å². The number of carbonyl (C=O) groups is 1. The smallest absolute Gasteiger partial charge is 0.148 e. The number of hydrogen-bond acceptors (Lipinski definition) is 1. The van der Waals surface area contributed by atoms with Crippen molar-refractivity contribution in [3.8, 4) is 0 Å². The van der Waals surface area contributed by atoms with Gasteiger partial charge in [-0.15, -0.1) is 0 Å². The third-order valence-electron chi connectivity index (χ3n) is 1.52. The van der Waals surface area contributed by atoms with Gasteiger partial charge < -0.3 is 0 Å². The molecule has 0 radical (unpaired) electrons. The van der Waals surface area contributed by atoms with Crippen LogP contribution in [-0.2, 0) is 4.79 Å². The van der Waals surface area contributed by atoms with Gasteiger partial charge in [0.05, 0.1) is 0 Å². The van der Waals surface area contributed by atoms with Crippen LogP contribution in [0.4, 0.5) is 4.39 Å². The van der Waals surface area contributed by atoms with Gasteiger partial charge in [0.25, 0.3) is 0 Å². The lowest BCUT2D eigenvalue weighted by atomic mass is 10.1. The zero-order chi connectivity index (χ0) is 8.10. The van der Waals surface area contributed by atoms with Crippen molar-refractivity contribution >= 4 is 6.29 Å². The largest absolute Gasteiger partial charge is 0.298 e. The molecule has 0 aromatic rings. The zero-order valence-corrected chi connectivity index (χ0v) is 6.09. The average Bonchev–Trinajstić information content (AvgIpc) is 1.98. The van der Waals surface area contributed by atoms with Crippen LogP contribution in [0, 0.1) is 0 Å². The minimum atomic E-state index is -0.413. The Labute approximate surface area is 64.9 Å². The molecule has 1 aliphatic carbocycles. The summed E-state index contributed by atoms with van der Waals surface area (Å²) in [5.41, 5.74) is 0.255. The molecule has 0 unspecified atom stereocenters. The molecule has 0 fully saturated rings. The van der Waals surface area contributed by atoms with E-state index in [2.05, 4.69) is 0 Å². The Kier molecular flexibility index (Phi) is 2.78. The SMILES string of the molecule is O=C/C1=C(F)/C=C\C=C/CC1. The van der Waals surface area contributed by atoms with Crippen molar-refractivity contribution < 1.29 is 9.18 Å². The third-order valence-corrected chi connectivity index (χ3v) is 1.52. The predicted molar refractivity (Wildman–Crippen MR) is 41.7 cm³/mol. The fourth-order valence-corrected chi connectivity index (χ4v) is 0.895. The molecule has 0 aliphatic heterocycles. The van der Waals surface area contributed by atoms with E-state index in [1.54, 1.807) is 12.2 Å². The molecule has 0 saturated heterocycles. The molecule has 1 aliphatic rings. The van der Waals surface area contributed by atoms with Crippen LogP contribution in [0.1, 0.15) is 12.8 Å². The first-order valence-corrected chi connectivity index (χ1v) is 3.51. The Morgan fingerprint density at radius 1 is 1.45 bits per heavy atom. The molecule has 0 aromatic heterocycles. The molecule has 2 heteroatoms. The molecule has 58 valence electrons. The Balaban J connectivity index is 2.87. The summed E-state index contributed by atoms with van der Waals surface area (Å²) in [5, 5.41) is 0. The van der Waals surface area contributed by atoms with Crippen LogP contribution in [0.3, 0.4) is 0 Å². The number of halogens is 1. The Morgan fingerprint density at radius 3 is 3.00 bits per heavy atom. The lowest BCUT2D eigenvalue weighted by molar-refractivity contribution is -0.105. The van der Waals surface area contributed by atoms with Crippen LogP contribution in [0.5, 0.6) is 0 Å². The molecule has 11 heavy (non-hydrogen) atoms. The molecule has 0 heterocycles. The van der Waals surface area contributed by atoms with Crippen LogP contribution in [0.25, 0.3) is 0 Å². The summed E-state index contributed by atoms with van der Waals surface area (Å²) >= 11 is 0. The summed E-state index contributed by atoms with van der Waals surface area (Å²) in [6.07, 6.45) is 8.39. The molecule has 0 aromatic carbocycles. The standard InChI is InChI=1S/C9H9FO/c10-9-6-4-2-1-3-5-8(9)7-11/h1-2,4,6-7H,3,5H2/b2-1-,6-4-,9-8-. The van der Waals surface area contributed by atoms with E-state index in [-0.39, 0.29) is 5.57 Å². The van der Waals surface area contributed by atoms with Gasteiger partial charge in [0.2, 0.25) is 0 Å². The molecule has 0 saturated carbocycles. The van der Waals surface area contributed by atoms with Crippen LogP contribution in [0.2, 0.25) is 0 Å². The molecule has 0 spiro atoms. The van der Waals surface area contributed by atoms with Gasteiger partial charge in [-0.3, -0.25) is 4.79 Å². The fourth-order valence-electron chi connectivity index (χ4n) is 0.895. The maximum atomic E-state index is 12.8. The van der Waals surface area contributed by atoms with Gasteiger partial charge in [-0.2, -0.15) is 0 Å². The molecular formula is C9H9FO. The quantitative estimate of drug-likeness (QED) is 0.527. The second kappa shape index (κ2) is 3.86. The number of allylic oxidation sites excluding steroid dienone is 6. The van der Waals surface area contributed by atoms with E-state index in [1.807, 2.05) is 6.08 Å². The van der Waals surface area contributed by atoms with Crippen LogP contribution < -0.4 is 0 Å². The predicted octanol–water partition coefficient (Wildman–Crippen LogP) is 2.32. The highest BCUT2D eigenvalue weighted by molar-refractivity contribution is 5.74. The van der Waals surface area contributed by atoms with Crippen LogP contribution in [0.15, 0.2) is 35.7 Å². The molecule has 1 nitrogen and oxygen atoms in total. The van der Waals surface area contributed by atoms with Gasteiger partial charge in [0.1, 0.15) is 12.1 Å². The number of hydrogen-bond donors (Lipinski definition) is 0. The lowest BCUT2D eigenvalue weighted by Crippen LogP contribution is -1.88. The maximum absolute atomic E-state index is 12.8. The van der Waals surface area contributed by atoms with Crippen molar-refractivity contribution in [2.75, 3.05) is 0 Å². The minimum Gasteiger partial charge on any atom is -0.298 e. The molecule has 0 atom stereocenters.